The van der Waals surface area contributed by atoms with Crippen molar-refractivity contribution in [2.75, 3.05) is 26.2 Å². The molecule has 1 amide bonds. The van der Waals surface area contributed by atoms with Crippen LogP contribution in [-0.2, 0) is 9.47 Å². The molecule has 0 bridgehead atoms. The van der Waals surface area contributed by atoms with Gasteiger partial charge in [-0.25, -0.2) is 4.79 Å². The third-order valence-electron chi connectivity index (χ3n) is 4.58. The van der Waals surface area contributed by atoms with Gasteiger partial charge in [0.15, 0.2) is 0 Å². The Morgan fingerprint density at radius 1 is 1.22 bits per heavy atom. The fraction of sp³-hybridized carbons (Fsp3) is 0.944. The summed E-state index contributed by atoms with van der Waals surface area (Å²) < 4.78 is 11.4. The molecule has 2 rings (SSSR count). The van der Waals surface area contributed by atoms with Crippen molar-refractivity contribution < 1.29 is 14.3 Å². The summed E-state index contributed by atoms with van der Waals surface area (Å²) in [4.78, 5) is 13.8. The van der Waals surface area contributed by atoms with Crippen molar-refractivity contribution in [1.82, 2.24) is 10.2 Å². The van der Waals surface area contributed by atoms with E-state index in [0.29, 0.717) is 0 Å². The predicted molar refractivity (Wildman–Crippen MR) is 91.6 cm³/mol. The number of nitrogens with one attached hydrogen (secondary N) is 1. The molecule has 1 saturated heterocycles. The monoisotopic (exact) mass is 326 g/mol. The van der Waals surface area contributed by atoms with Crippen LogP contribution in [0.1, 0.15) is 59.8 Å². The number of hydrogen-bond donors (Lipinski definition) is 1. The largest absolute Gasteiger partial charge is 0.444 e. The Hall–Kier alpha value is -0.810. The first-order valence-corrected chi connectivity index (χ1v) is 9.16. The summed E-state index contributed by atoms with van der Waals surface area (Å²) in [6.45, 7) is 11.3. The summed E-state index contributed by atoms with van der Waals surface area (Å²) in [5, 5.41) is 3.58. The van der Waals surface area contributed by atoms with Crippen LogP contribution in [0.5, 0.6) is 0 Å². The van der Waals surface area contributed by atoms with Gasteiger partial charge in [0.25, 0.3) is 0 Å². The van der Waals surface area contributed by atoms with Crippen LogP contribution in [0.3, 0.4) is 0 Å². The number of hydrogen-bond acceptors (Lipinski definition) is 4. The Kier molecular flexibility index (Phi) is 6.72. The summed E-state index contributed by atoms with van der Waals surface area (Å²) in [7, 11) is 0. The lowest BCUT2D eigenvalue weighted by molar-refractivity contribution is -0.0119. The molecule has 0 aromatic heterocycles. The molecule has 2 fully saturated rings. The first-order valence-electron chi connectivity index (χ1n) is 9.16. The Morgan fingerprint density at radius 3 is 2.43 bits per heavy atom. The number of nitrogens with zero attached hydrogens (tertiary/aromatic N) is 1. The maximum absolute atomic E-state index is 12.0. The number of carbonyl (C=O) groups excluding carboxylic acids is 1. The van der Waals surface area contributed by atoms with E-state index < -0.39 is 5.60 Å². The molecule has 0 aromatic rings. The van der Waals surface area contributed by atoms with E-state index >= 15 is 0 Å². The Morgan fingerprint density at radius 2 is 1.87 bits per heavy atom. The zero-order chi connectivity index (χ0) is 16.9. The van der Waals surface area contributed by atoms with Gasteiger partial charge in [0.2, 0.25) is 0 Å². The van der Waals surface area contributed by atoms with Gasteiger partial charge in [0, 0.05) is 25.7 Å². The lowest BCUT2D eigenvalue weighted by Crippen LogP contribution is -2.43. The topological polar surface area (TPSA) is 50.8 Å². The lowest BCUT2D eigenvalue weighted by Gasteiger charge is -2.34. The van der Waals surface area contributed by atoms with E-state index in [-0.39, 0.29) is 12.2 Å². The first-order chi connectivity index (χ1) is 10.8. The van der Waals surface area contributed by atoms with Crippen LogP contribution < -0.4 is 5.32 Å². The fourth-order valence-corrected chi connectivity index (χ4v) is 3.23. The molecule has 1 aliphatic carbocycles. The van der Waals surface area contributed by atoms with Crippen LogP contribution in [0.2, 0.25) is 0 Å². The van der Waals surface area contributed by atoms with Crippen LogP contribution in [0.25, 0.3) is 0 Å². The number of amides is 1. The van der Waals surface area contributed by atoms with Gasteiger partial charge in [-0.1, -0.05) is 6.92 Å². The molecule has 23 heavy (non-hydrogen) atoms. The summed E-state index contributed by atoms with van der Waals surface area (Å²) in [5.41, 5.74) is -0.421. The van der Waals surface area contributed by atoms with E-state index in [1.165, 1.54) is 12.8 Å². The van der Waals surface area contributed by atoms with E-state index in [0.717, 1.165) is 57.5 Å². The number of piperidine rings is 1. The van der Waals surface area contributed by atoms with E-state index in [2.05, 4.69) is 12.2 Å². The molecule has 0 aromatic carbocycles. The molecule has 5 nitrogen and oxygen atoms in total. The van der Waals surface area contributed by atoms with Gasteiger partial charge >= 0.3 is 6.09 Å². The fourth-order valence-electron chi connectivity index (χ4n) is 3.23. The second-order valence-electron chi connectivity index (χ2n) is 8.12. The van der Waals surface area contributed by atoms with Gasteiger partial charge in [-0.15, -0.1) is 0 Å². The zero-order valence-electron chi connectivity index (χ0n) is 15.3. The average molecular weight is 326 g/mol. The van der Waals surface area contributed by atoms with E-state index in [1.54, 1.807) is 4.90 Å². The van der Waals surface area contributed by atoms with Gasteiger partial charge in [-0.2, -0.15) is 0 Å². The third-order valence-corrected chi connectivity index (χ3v) is 4.58. The van der Waals surface area contributed by atoms with E-state index in [4.69, 9.17) is 9.47 Å². The SMILES string of the molecule is CC1CC(NCCCOC2CCN(C(=O)OC(C)(C)C)CC2)C1. The molecule has 0 spiro atoms. The van der Waals surface area contributed by atoms with Gasteiger partial charge in [0.1, 0.15) is 5.60 Å². The average Bonchev–Trinajstić information content (AvgIpc) is 2.43. The van der Waals surface area contributed by atoms with Crippen LogP contribution in [0.15, 0.2) is 0 Å². The molecule has 1 aliphatic heterocycles. The van der Waals surface area contributed by atoms with E-state index in [9.17, 15) is 4.79 Å². The molecule has 134 valence electrons. The van der Waals surface area contributed by atoms with Crippen LogP contribution >= 0.6 is 0 Å². The summed E-state index contributed by atoms with van der Waals surface area (Å²) in [6, 6.07) is 0.738. The second-order valence-corrected chi connectivity index (χ2v) is 8.12. The predicted octanol–water partition coefficient (Wildman–Crippen LogP) is 3.18. The van der Waals surface area contributed by atoms with Gasteiger partial charge in [0.05, 0.1) is 6.10 Å². The molecule has 5 heteroatoms. The molecule has 0 atom stereocenters. The smallest absolute Gasteiger partial charge is 0.410 e. The number of ether oxygens (including phenoxy) is 2. The molecule has 1 heterocycles. The van der Waals surface area contributed by atoms with Crippen LogP contribution in [0.4, 0.5) is 4.79 Å². The van der Waals surface area contributed by atoms with Gasteiger partial charge in [-0.05, 0) is 65.3 Å². The number of rotatable bonds is 6. The van der Waals surface area contributed by atoms with Crippen molar-refractivity contribution in [3.63, 3.8) is 0 Å². The highest BCUT2D eigenvalue weighted by molar-refractivity contribution is 5.68. The number of carbonyl (C=O) groups is 1. The van der Waals surface area contributed by atoms with Crippen molar-refractivity contribution in [2.45, 2.75) is 77.5 Å². The molecule has 1 N–H and O–H groups in total. The highest BCUT2D eigenvalue weighted by Gasteiger charge is 2.27. The van der Waals surface area contributed by atoms with Gasteiger partial charge < -0.3 is 19.7 Å². The molecular weight excluding hydrogens is 292 g/mol. The lowest BCUT2D eigenvalue weighted by atomic mass is 9.82. The minimum absolute atomic E-state index is 0.199. The maximum Gasteiger partial charge on any atom is 0.410 e. The molecule has 2 aliphatic rings. The van der Waals surface area contributed by atoms with Crippen molar-refractivity contribution in [2.24, 2.45) is 5.92 Å². The molecular formula is C18H34N2O3. The highest BCUT2D eigenvalue weighted by atomic mass is 16.6. The van der Waals surface area contributed by atoms with Gasteiger partial charge in [-0.3, -0.25) is 0 Å². The normalized spacial score (nSPS) is 26.0. The molecule has 1 saturated carbocycles. The van der Waals surface area contributed by atoms with Crippen LogP contribution in [0, 0.1) is 5.92 Å². The minimum Gasteiger partial charge on any atom is -0.444 e. The minimum atomic E-state index is -0.421. The quantitative estimate of drug-likeness (QED) is 0.762. The standard InChI is InChI=1S/C18H34N2O3/c1-14-12-15(13-14)19-8-5-11-22-16-6-9-20(10-7-16)17(21)23-18(2,3)4/h14-16,19H,5-13H2,1-4H3. The zero-order valence-corrected chi connectivity index (χ0v) is 15.3. The third kappa shape index (κ3) is 6.68. The summed E-state index contributed by atoms with van der Waals surface area (Å²) in [5.74, 6) is 0.902. The molecule has 0 radical (unpaired) electrons. The molecule has 0 unspecified atom stereocenters. The second kappa shape index (κ2) is 8.34. The number of likely N-dealkylation sites (tertiary alicyclic amines) is 1. The Labute approximate surface area is 141 Å². The first kappa shape index (κ1) is 18.5. The van der Waals surface area contributed by atoms with Crippen molar-refractivity contribution in [3.8, 4) is 0 Å². The van der Waals surface area contributed by atoms with Crippen molar-refractivity contribution in [3.05, 3.63) is 0 Å². The Balaban J connectivity index is 1.50. The highest BCUT2D eigenvalue weighted by Crippen LogP contribution is 2.26. The Bertz CT molecular complexity index is 367. The van der Waals surface area contributed by atoms with E-state index in [1.807, 2.05) is 20.8 Å². The summed E-state index contributed by atoms with van der Waals surface area (Å²) >= 11 is 0. The summed E-state index contributed by atoms with van der Waals surface area (Å²) in [6.07, 6.45) is 5.62. The van der Waals surface area contributed by atoms with Crippen molar-refractivity contribution in [1.29, 1.82) is 0 Å². The van der Waals surface area contributed by atoms with Crippen LogP contribution in [-0.4, -0.2) is 55.0 Å². The van der Waals surface area contributed by atoms with Crippen molar-refractivity contribution >= 4 is 6.09 Å². The maximum atomic E-state index is 12.0.